The van der Waals surface area contributed by atoms with E-state index >= 15 is 0 Å². The largest absolute Gasteiger partial charge is 0.487 e. The molecule has 0 amide bonds. The summed E-state index contributed by atoms with van der Waals surface area (Å²) in [5.74, 6) is 1.94. The normalized spacial score (nSPS) is 15.3. The van der Waals surface area contributed by atoms with Crippen LogP contribution in [0.2, 0.25) is 0 Å². The first-order valence-electron chi connectivity index (χ1n) is 8.22. The smallest absolute Gasteiger partial charge is 0.198 e. The van der Waals surface area contributed by atoms with E-state index in [4.69, 9.17) is 9.15 Å². The van der Waals surface area contributed by atoms with Crippen molar-refractivity contribution in [2.24, 2.45) is 7.05 Å². The van der Waals surface area contributed by atoms with Crippen LogP contribution in [0.1, 0.15) is 11.3 Å². The van der Waals surface area contributed by atoms with E-state index in [1.807, 2.05) is 41.9 Å². The molecule has 1 aromatic carbocycles. The van der Waals surface area contributed by atoms with E-state index in [-0.39, 0.29) is 6.10 Å². The monoisotopic (exact) mass is 356 g/mol. The molecule has 3 aromatic rings. The number of hydrogen-bond donors (Lipinski definition) is 0. The number of para-hydroxylation sites is 1. The van der Waals surface area contributed by atoms with E-state index in [0.29, 0.717) is 0 Å². The maximum atomic E-state index is 6.04. The molecule has 6 nitrogen and oxygen atoms in total. The minimum absolute atomic E-state index is 0.253. The predicted octanol–water partition coefficient (Wildman–Crippen LogP) is 3.13. The predicted molar refractivity (Wildman–Crippen MR) is 94.7 cm³/mol. The molecule has 7 heteroatoms. The summed E-state index contributed by atoms with van der Waals surface area (Å²) in [7, 11) is 1.92. The summed E-state index contributed by atoms with van der Waals surface area (Å²) in [5, 5.41) is 9.58. The molecule has 3 heterocycles. The average molecular weight is 356 g/mol. The molecule has 25 heavy (non-hydrogen) atoms. The minimum Gasteiger partial charge on any atom is -0.487 e. The molecule has 0 aliphatic carbocycles. The Bertz CT molecular complexity index is 854. The standard InChI is InChI=1S/C18H20N4O2S/c1-13-5-3-4-6-16(13)23-15-10-22(11-15)9-14-7-8-17(24-14)25-18-20-19-12-21(18)2/h3-8,12,15H,9-11H2,1-2H3. The molecule has 1 aliphatic rings. The van der Waals surface area contributed by atoms with Crippen molar-refractivity contribution in [1.82, 2.24) is 19.7 Å². The summed E-state index contributed by atoms with van der Waals surface area (Å²) >= 11 is 1.48. The lowest BCUT2D eigenvalue weighted by Gasteiger charge is -2.38. The van der Waals surface area contributed by atoms with Crippen molar-refractivity contribution in [3.63, 3.8) is 0 Å². The number of hydrogen-bond acceptors (Lipinski definition) is 6. The van der Waals surface area contributed by atoms with Gasteiger partial charge in [-0.05, 0) is 42.4 Å². The van der Waals surface area contributed by atoms with Gasteiger partial charge in [0.1, 0.15) is 23.9 Å². The SMILES string of the molecule is Cc1ccccc1OC1CN(Cc2ccc(Sc3nncn3C)o2)C1. The van der Waals surface area contributed by atoms with Gasteiger partial charge in [0.25, 0.3) is 0 Å². The van der Waals surface area contributed by atoms with Crippen LogP contribution >= 0.6 is 11.8 Å². The van der Waals surface area contributed by atoms with Crippen molar-refractivity contribution in [3.05, 3.63) is 54.0 Å². The van der Waals surface area contributed by atoms with Crippen LogP contribution in [0.4, 0.5) is 0 Å². The van der Waals surface area contributed by atoms with Crippen molar-refractivity contribution < 1.29 is 9.15 Å². The number of furan rings is 1. The molecule has 1 fully saturated rings. The lowest BCUT2D eigenvalue weighted by Crippen LogP contribution is -2.53. The van der Waals surface area contributed by atoms with E-state index in [1.165, 1.54) is 17.3 Å². The Hall–Kier alpha value is -2.25. The molecule has 0 radical (unpaired) electrons. The Balaban J connectivity index is 1.27. The van der Waals surface area contributed by atoms with Crippen molar-refractivity contribution in [3.8, 4) is 5.75 Å². The van der Waals surface area contributed by atoms with E-state index in [0.717, 1.165) is 41.4 Å². The molecule has 0 unspecified atom stereocenters. The minimum atomic E-state index is 0.253. The Labute approximate surface area is 150 Å². The van der Waals surface area contributed by atoms with Gasteiger partial charge in [-0.15, -0.1) is 10.2 Å². The molecule has 1 saturated heterocycles. The van der Waals surface area contributed by atoms with Crippen LogP contribution in [0.3, 0.4) is 0 Å². The molecule has 2 aromatic heterocycles. The first-order chi connectivity index (χ1) is 12.2. The number of benzene rings is 1. The van der Waals surface area contributed by atoms with Gasteiger partial charge in [0, 0.05) is 20.1 Å². The number of ether oxygens (including phenoxy) is 1. The van der Waals surface area contributed by atoms with Crippen LogP contribution in [0.25, 0.3) is 0 Å². The van der Waals surface area contributed by atoms with Crippen LogP contribution in [-0.4, -0.2) is 38.9 Å². The summed E-state index contributed by atoms with van der Waals surface area (Å²) in [4.78, 5) is 2.32. The van der Waals surface area contributed by atoms with Gasteiger partial charge < -0.3 is 13.7 Å². The summed E-state index contributed by atoms with van der Waals surface area (Å²) in [6, 6.07) is 12.1. The summed E-state index contributed by atoms with van der Waals surface area (Å²) in [5.41, 5.74) is 1.18. The van der Waals surface area contributed by atoms with E-state index in [1.54, 1.807) is 6.33 Å². The Morgan fingerprint density at radius 3 is 2.84 bits per heavy atom. The summed E-state index contributed by atoms with van der Waals surface area (Å²) in [6.07, 6.45) is 1.93. The third-order valence-corrected chi connectivity index (χ3v) is 5.16. The second-order valence-electron chi connectivity index (χ2n) is 6.25. The summed E-state index contributed by atoms with van der Waals surface area (Å²) < 4.78 is 13.8. The second kappa shape index (κ2) is 6.93. The van der Waals surface area contributed by atoms with Gasteiger partial charge >= 0.3 is 0 Å². The highest BCUT2D eigenvalue weighted by atomic mass is 32.2. The molecule has 0 bridgehead atoms. The zero-order chi connectivity index (χ0) is 17.2. The van der Waals surface area contributed by atoms with Gasteiger partial charge in [0.2, 0.25) is 0 Å². The van der Waals surface area contributed by atoms with E-state index in [2.05, 4.69) is 28.1 Å². The van der Waals surface area contributed by atoms with Gasteiger partial charge in [-0.25, -0.2) is 0 Å². The van der Waals surface area contributed by atoms with Crippen LogP contribution in [0.15, 0.2) is 57.4 Å². The topological polar surface area (TPSA) is 56.3 Å². The zero-order valence-corrected chi connectivity index (χ0v) is 15.1. The maximum absolute atomic E-state index is 6.04. The molecule has 0 atom stereocenters. The third-order valence-electron chi connectivity index (χ3n) is 4.19. The lowest BCUT2D eigenvalue weighted by molar-refractivity contribution is 0.00974. The van der Waals surface area contributed by atoms with Gasteiger partial charge in [-0.2, -0.15) is 0 Å². The maximum Gasteiger partial charge on any atom is 0.198 e. The summed E-state index contributed by atoms with van der Waals surface area (Å²) in [6.45, 7) is 4.71. The van der Waals surface area contributed by atoms with E-state index < -0.39 is 0 Å². The van der Waals surface area contributed by atoms with E-state index in [9.17, 15) is 0 Å². The highest BCUT2D eigenvalue weighted by molar-refractivity contribution is 7.99. The fourth-order valence-corrected chi connectivity index (χ4v) is 3.51. The quantitative estimate of drug-likeness (QED) is 0.676. The molecule has 0 saturated carbocycles. The van der Waals surface area contributed by atoms with Gasteiger partial charge in [-0.1, -0.05) is 18.2 Å². The fraction of sp³-hybridized carbons (Fsp3) is 0.333. The van der Waals surface area contributed by atoms with Crippen molar-refractivity contribution in [2.75, 3.05) is 13.1 Å². The molecular formula is C18H20N4O2S. The van der Waals surface area contributed by atoms with Crippen LogP contribution in [-0.2, 0) is 13.6 Å². The highest BCUT2D eigenvalue weighted by Crippen LogP contribution is 2.28. The highest BCUT2D eigenvalue weighted by Gasteiger charge is 2.29. The van der Waals surface area contributed by atoms with Crippen molar-refractivity contribution >= 4 is 11.8 Å². The molecule has 0 spiro atoms. The fourth-order valence-electron chi connectivity index (χ4n) is 2.77. The van der Waals surface area contributed by atoms with Gasteiger partial charge in [0.15, 0.2) is 10.2 Å². The Morgan fingerprint density at radius 1 is 1.24 bits per heavy atom. The second-order valence-corrected chi connectivity index (χ2v) is 7.22. The zero-order valence-electron chi connectivity index (χ0n) is 14.3. The van der Waals surface area contributed by atoms with Crippen LogP contribution in [0.5, 0.6) is 5.75 Å². The Morgan fingerprint density at radius 2 is 2.08 bits per heavy atom. The number of nitrogens with zero attached hydrogens (tertiary/aromatic N) is 4. The van der Waals surface area contributed by atoms with Crippen molar-refractivity contribution in [1.29, 1.82) is 0 Å². The number of aryl methyl sites for hydroxylation is 2. The molecule has 0 N–H and O–H groups in total. The van der Waals surface area contributed by atoms with Gasteiger partial charge in [-0.3, -0.25) is 4.90 Å². The Kier molecular flexibility index (Phi) is 4.50. The van der Waals surface area contributed by atoms with Crippen molar-refractivity contribution in [2.45, 2.75) is 29.8 Å². The number of aromatic nitrogens is 3. The first kappa shape index (κ1) is 16.2. The molecule has 1 aliphatic heterocycles. The van der Waals surface area contributed by atoms with Crippen LogP contribution in [0, 0.1) is 6.92 Å². The lowest BCUT2D eigenvalue weighted by atomic mass is 10.1. The molecular weight excluding hydrogens is 336 g/mol. The average Bonchev–Trinajstić information content (AvgIpc) is 3.17. The third kappa shape index (κ3) is 3.72. The molecule has 4 rings (SSSR count). The van der Waals surface area contributed by atoms with Gasteiger partial charge in [0.05, 0.1) is 6.54 Å². The first-order valence-corrected chi connectivity index (χ1v) is 9.04. The van der Waals surface area contributed by atoms with Crippen LogP contribution < -0.4 is 4.74 Å². The number of likely N-dealkylation sites (tertiary alicyclic amines) is 1. The number of rotatable bonds is 6. The molecule has 130 valence electrons.